The fourth-order valence-electron chi connectivity index (χ4n) is 1.72. The SMILES string of the molecule is CC(C)CNc1ncc(C(=O)NCc2ccc(Cl)cc2)cn1. The highest BCUT2D eigenvalue weighted by Gasteiger charge is 2.07. The third kappa shape index (κ3) is 5.00. The zero-order chi connectivity index (χ0) is 15.9. The van der Waals surface area contributed by atoms with E-state index in [1.807, 2.05) is 12.1 Å². The lowest BCUT2D eigenvalue weighted by molar-refractivity contribution is 0.0950. The fraction of sp³-hybridized carbons (Fsp3) is 0.312. The van der Waals surface area contributed by atoms with Crippen LogP contribution in [0.3, 0.4) is 0 Å². The lowest BCUT2D eigenvalue weighted by atomic mass is 10.2. The number of halogens is 1. The van der Waals surface area contributed by atoms with Crippen molar-refractivity contribution in [2.75, 3.05) is 11.9 Å². The molecule has 116 valence electrons. The molecule has 2 rings (SSSR count). The summed E-state index contributed by atoms with van der Waals surface area (Å²) >= 11 is 5.82. The first-order valence-electron chi connectivity index (χ1n) is 7.13. The van der Waals surface area contributed by atoms with Gasteiger partial charge in [0, 0.05) is 30.5 Å². The van der Waals surface area contributed by atoms with E-state index in [0.717, 1.165) is 12.1 Å². The van der Waals surface area contributed by atoms with E-state index < -0.39 is 0 Å². The molecule has 6 heteroatoms. The van der Waals surface area contributed by atoms with E-state index in [1.54, 1.807) is 12.1 Å². The predicted molar refractivity (Wildman–Crippen MR) is 88.0 cm³/mol. The summed E-state index contributed by atoms with van der Waals surface area (Å²) in [4.78, 5) is 20.3. The van der Waals surface area contributed by atoms with Crippen molar-refractivity contribution in [1.82, 2.24) is 15.3 Å². The molecule has 1 amide bonds. The third-order valence-electron chi connectivity index (χ3n) is 2.95. The molecule has 1 heterocycles. The molecule has 0 spiro atoms. The van der Waals surface area contributed by atoms with Crippen LogP contribution in [0, 0.1) is 5.92 Å². The molecular formula is C16H19ClN4O. The van der Waals surface area contributed by atoms with Gasteiger partial charge in [0.25, 0.3) is 5.91 Å². The minimum absolute atomic E-state index is 0.203. The van der Waals surface area contributed by atoms with Gasteiger partial charge in [0.15, 0.2) is 0 Å². The molecule has 0 atom stereocenters. The second-order valence-corrected chi connectivity index (χ2v) is 5.82. The van der Waals surface area contributed by atoms with E-state index in [9.17, 15) is 4.79 Å². The first kappa shape index (κ1) is 16.2. The van der Waals surface area contributed by atoms with E-state index in [0.29, 0.717) is 29.0 Å². The average molecular weight is 319 g/mol. The lowest BCUT2D eigenvalue weighted by Crippen LogP contribution is -2.23. The summed E-state index contributed by atoms with van der Waals surface area (Å²) in [6, 6.07) is 7.33. The molecule has 2 N–H and O–H groups in total. The summed E-state index contributed by atoms with van der Waals surface area (Å²) in [5.41, 5.74) is 1.41. The molecule has 1 aromatic carbocycles. The van der Waals surface area contributed by atoms with Crippen LogP contribution in [-0.4, -0.2) is 22.4 Å². The fourth-order valence-corrected chi connectivity index (χ4v) is 1.84. The zero-order valence-corrected chi connectivity index (χ0v) is 13.4. The van der Waals surface area contributed by atoms with Crippen LogP contribution in [0.15, 0.2) is 36.7 Å². The number of hydrogen-bond donors (Lipinski definition) is 2. The number of aromatic nitrogens is 2. The van der Waals surface area contributed by atoms with Gasteiger partial charge in [-0.3, -0.25) is 4.79 Å². The minimum atomic E-state index is -0.203. The summed E-state index contributed by atoms with van der Waals surface area (Å²) in [6.07, 6.45) is 3.04. The van der Waals surface area contributed by atoms with Crippen LogP contribution in [0.5, 0.6) is 0 Å². The van der Waals surface area contributed by atoms with Crippen LogP contribution in [0.25, 0.3) is 0 Å². The number of nitrogens with one attached hydrogen (secondary N) is 2. The lowest BCUT2D eigenvalue weighted by Gasteiger charge is -2.08. The molecule has 0 aliphatic carbocycles. The second-order valence-electron chi connectivity index (χ2n) is 5.38. The Morgan fingerprint density at radius 1 is 1.18 bits per heavy atom. The molecular weight excluding hydrogens is 300 g/mol. The van der Waals surface area contributed by atoms with Gasteiger partial charge in [-0.25, -0.2) is 9.97 Å². The number of anilines is 1. The van der Waals surface area contributed by atoms with Gasteiger partial charge in [0.2, 0.25) is 5.95 Å². The Morgan fingerprint density at radius 3 is 2.41 bits per heavy atom. The molecule has 0 radical (unpaired) electrons. The summed E-state index contributed by atoms with van der Waals surface area (Å²) in [7, 11) is 0. The van der Waals surface area contributed by atoms with Gasteiger partial charge in [-0.2, -0.15) is 0 Å². The Morgan fingerprint density at radius 2 is 1.82 bits per heavy atom. The van der Waals surface area contributed by atoms with Crippen LogP contribution >= 0.6 is 11.6 Å². The maximum absolute atomic E-state index is 12.0. The predicted octanol–water partition coefficient (Wildman–Crippen LogP) is 3.13. The highest BCUT2D eigenvalue weighted by molar-refractivity contribution is 6.30. The Balaban J connectivity index is 1.88. The van der Waals surface area contributed by atoms with Crippen molar-refractivity contribution in [2.45, 2.75) is 20.4 Å². The number of carbonyl (C=O) groups is 1. The van der Waals surface area contributed by atoms with Gasteiger partial charge < -0.3 is 10.6 Å². The standard InChI is InChI=1S/C16H19ClN4O/c1-11(2)7-19-16-20-9-13(10-21-16)15(22)18-8-12-3-5-14(17)6-4-12/h3-6,9-11H,7-8H2,1-2H3,(H,18,22)(H,19,20,21). The molecule has 0 fully saturated rings. The monoisotopic (exact) mass is 318 g/mol. The minimum Gasteiger partial charge on any atom is -0.354 e. The molecule has 2 aromatic rings. The normalized spacial score (nSPS) is 10.5. The molecule has 0 saturated carbocycles. The van der Waals surface area contributed by atoms with E-state index in [1.165, 1.54) is 12.4 Å². The van der Waals surface area contributed by atoms with E-state index in [-0.39, 0.29) is 5.91 Å². The zero-order valence-electron chi connectivity index (χ0n) is 12.6. The molecule has 0 aliphatic rings. The number of carbonyl (C=O) groups excluding carboxylic acids is 1. The van der Waals surface area contributed by atoms with Crippen molar-refractivity contribution in [3.8, 4) is 0 Å². The molecule has 1 aromatic heterocycles. The second kappa shape index (κ2) is 7.75. The van der Waals surface area contributed by atoms with Crippen LogP contribution in [0.2, 0.25) is 5.02 Å². The maximum Gasteiger partial charge on any atom is 0.254 e. The summed E-state index contributed by atoms with van der Waals surface area (Å²) in [5.74, 6) is 0.833. The van der Waals surface area contributed by atoms with Gasteiger partial charge in [0.05, 0.1) is 5.56 Å². The number of amides is 1. The van der Waals surface area contributed by atoms with Crippen molar-refractivity contribution < 1.29 is 4.79 Å². The first-order valence-corrected chi connectivity index (χ1v) is 7.51. The van der Waals surface area contributed by atoms with Crippen molar-refractivity contribution in [1.29, 1.82) is 0 Å². The molecule has 22 heavy (non-hydrogen) atoms. The third-order valence-corrected chi connectivity index (χ3v) is 3.20. The largest absolute Gasteiger partial charge is 0.354 e. The van der Waals surface area contributed by atoms with Gasteiger partial charge >= 0.3 is 0 Å². The molecule has 0 saturated heterocycles. The summed E-state index contributed by atoms with van der Waals surface area (Å²) in [5, 5.41) is 6.60. The number of benzene rings is 1. The van der Waals surface area contributed by atoms with Crippen LogP contribution in [0.1, 0.15) is 29.8 Å². The topological polar surface area (TPSA) is 66.9 Å². The van der Waals surface area contributed by atoms with E-state index in [4.69, 9.17) is 11.6 Å². The van der Waals surface area contributed by atoms with E-state index >= 15 is 0 Å². The quantitative estimate of drug-likeness (QED) is 0.858. The van der Waals surface area contributed by atoms with Crippen LogP contribution < -0.4 is 10.6 Å². The smallest absolute Gasteiger partial charge is 0.254 e. The summed E-state index contributed by atoms with van der Waals surface area (Å²) in [6.45, 7) is 5.43. The number of nitrogens with zero attached hydrogens (tertiary/aromatic N) is 2. The van der Waals surface area contributed by atoms with E-state index in [2.05, 4.69) is 34.4 Å². The Hall–Kier alpha value is -2.14. The molecule has 0 aliphatic heterocycles. The van der Waals surface area contributed by atoms with Gasteiger partial charge in [-0.05, 0) is 23.6 Å². The van der Waals surface area contributed by atoms with Crippen molar-refractivity contribution in [3.05, 3.63) is 52.8 Å². The van der Waals surface area contributed by atoms with Gasteiger partial charge in [-0.1, -0.05) is 37.6 Å². The maximum atomic E-state index is 12.0. The molecule has 0 unspecified atom stereocenters. The van der Waals surface area contributed by atoms with Crippen LogP contribution in [0.4, 0.5) is 5.95 Å². The van der Waals surface area contributed by atoms with Crippen molar-refractivity contribution in [2.24, 2.45) is 5.92 Å². The molecule has 0 bridgehead atoms. The van der Waals surface area contributed by atoms with Gasteiger partial charge in [0.1, 0.15) is 0 Å². The first-order chi connectivity index (χ1) is 10.5. The Bertz CT molecular complexity index is 611. The number of hydrogen-bond acceptors (Lipinski definition) is 4. The van der Waals surface area contributed by atoms with Crippen molar-refractivity contribution >= 4 is 23.5 Å². The Labute approximate surface area is 135 Å². The number of rotatable bonds is 6. The summed E-state index contributed by atoms with van der Waals surface area (Å²) < 4.78 is 0. The average Bonchev–Trinajstić information content (AvgIpc) is 2.52. The van der Waals surface area contributed by atoms with Gasteiger partial charge in [-0.15, -0.1) is 0 Å². The highest BCUT2D eigenvalue weighted by Crippen LogP contribution is 2.09. The highest BCUT2D eigenvalue weighted by atomic mass is 35.5. The van der Waals surface area contributed by atoms with Crippen molar-refractivity contribution in [3.63, 3.8) is 0 Å². The Kier molecular flexibility index (Phi) is 5.72. The molecule has 5 nitrogen and oxygen atoms in total. The van der Waals surface area contributed by atoms with Crippen LogP contribution in [-0.2, 0) is 6.54 Å².